The van der Waals surface area contributed by atoms with E-state index in [1.807, 2.05) is 6.07 Å². The molecule has 116 valence electrons. The molecule has 3 N–H and O–H groups in total. The molecule has 8 heteroatoms. The fraction of sp³-hybridized carbons (Fsp3) is 0.0667. The van der Waals surface area contributed by atoms with Gasteiger partial charge in [0.25, 0.3) is 11.8 Å². The van der Waals surface area contributed by atoms with Crippen molar-refractivity contribution in [2.24, 2.45) is 0 Å². The molecule has 0 spiro atoms. The number of nitrogens with zero attached hydrogens (tertiary/aromatic N) is 2. The van der Waals surface area contributed by atoms with Crippen molar-refractivity contribution < 1.29 is 9.59 Å². The lowest BCUT2D eigenvalue weighted by molar-refractivity contribution is -0.118. The van der Waals surface area contributed by atoms with Gasteiger partial charge in [0.15, 0.2) is 0 Å². The number of amides is 2. The van der Waals surface area contributed by atoms with Gasteiger partial charge in [-0.05, 0) is 5.56 Å². The Morgan fingerprint density at radius 2 is 2.00 bits per heavy atom. The molecule has 0 saturated carbocycles. The van der Waals surface area contributed by atoms with Crippen molar-refractivity contribution in [1.29, 1.82) is 0 Å². The number of carbonyl (C=O) groups is 2. The number of hydrogen-bond donors (Lipinski definition) is 3. The molecule has 0 fully saturated rings. The van der Waals surface area contributed by atoms with E-state index in [-0.39, 0.29) is 11.6 Å². The average Bonchev–Trinajstić information content (AvgIpc) is 3.26. The molecular formula is C15H13N5O2S. The molecule has 2 amide bonds. The molecule has 7 nitrogen and oxygen atoms in total. The van der Waals surface area contributed by atoms with Crippen molar-refractivity contribution in [2.45, 2.75) is 6.04 Å². The zero-order valence-electron chi connectivity index (χ0n) is 11.9. The highest BCUT2D eigenvalue weighted by atomic mass is 32.1. The number of nitrogens with one attached hydrogen (secondary N) is 3. The molecule has 0 saturated heterocycles. The molecule has 0 unspecified atom stereocenters. The van der Waals surface area contributed by atoms with Crippen molar-refractivity contribution in [3.63, 3.8) is 0 Å². The first-order valence-corrected chi connectivity index (χ1v) is 7.72. The van der Waals surface area contributed by atoms with Crippen molar-refractivity contribution in [1.82, 2.24) is 20.5 Å². The van der Waals surface area contributed by atoms with Crippen LogP contribution in [0.1, 0.15) is 22.1 Å². The van der Waals surface area contributed by atoms with Gasteiger partial charge in [0.05, 0.1) is 11.7 Å². The number of carbonyl (C=O) groups excluding carboxylic acids is 2. The third-order valence-electron chi connectivity index (χ3n) is 3.09. The lowest BCUT2D eigenvalue weighted by atomic mass is 10.1. The van der Waals surface area contributed by atoms with Crippen LogP contribution in [0.15, 0.2) is 53.5 Å². The first kappa shape index (κ1) is 14.9. The van der Waals surface area contributed by atoms with Gasteiger partial charge in [-0.3, -0.25) is 14.7 Å². The Labute approximate surface area is 135 Å². The third-order valence-corrected chi connectivity index (χ3v) is 3.68. The third kappa shape index (κ3) is 3.61. The van der Waals surface area contributed by atoms with E-state index in [0.29, 0.717) is 11.4 Å². The largest absolute Gasteiger partial charge is 0.335 e. The summed E-state index contributed by atoms with van der Waals surface area (Å²) < 4.78 is 0. The molecule has 2 aromatic heterocycles. The summed E-state index contributed by atoms with van der Waals surface area (Å²) in [5, 5.41) is 13.4. The van der Waals surface area contributed by atoms with E-state index in [4.69, 9.17) is 0 Å². The van der Waals surface area contributed by atoms with Crippen LogP contribution in [0.3, 0.4) is 0 Å². The van der Waals surface area contributed by atoms with Crippen molar-refractivity contribution in [3.8, 4) is 0 Å². The Bertz CT molecular complexity index is 772. The highest BCUT2D eigenvalue weighted by molar-refractivity contribution is 7.07. The van der Waals surface area contributed by atoms with Gasteiger partial charge in [-0.25, -0.2) is 4.98 Å². The summed E-state index contributed by atoms with van der Waals surface area (Å²) in [6.07, 6.45) is 1.53. The normalized spacial score (nSPS) is 11.7. The first-order chi connectivity index (χ1) is 11.2. The van der Waals surface area contributed by atoms with Crippen LogP contribution in [0.25, 0.3) is 0 Å². The fourth-order valence-electron chi connectivity index (χ4n) is 2.01. The number of rotatable bonds is 5. The monoisotopic (exact) mass is 327 g/mol. The van der Waals surface area contributed by atoms with Gasteiger partial charge < -0.3 is 10.6 Å². The summed E-state index contributed by atoms with van der Waals surface area (Å²) in [5.41, 5.74) is 2.52. The maximum absolute atomic E-state index is 12.5. The first-order valence-electron chi connectivity index (χ1n) is 6.78. The second-order valence-corrected chi connectivity index (χ2v) is 5.37. The molecule has 0 aliphatic rings. The zero-order valence-corrected chi connectivity index (χ0v) is 12.7. The molecular weight excluding hydrogens is 314 g/mol. The molecule has 0 aliphatic heterocycles. The van der Waals surface area contributed by atoms with E-state index >= 15 is 0 Å². The smallest absolute Gasteiger partial charge is 0.271 e. The number of H-pyrrole nitrogens is 1. The average molecular weight is 327 g/mol. The van der Waals surface area contributed by atoms with Gasteiger partial charge in [0, 0.05) is 11.4 Å². The van der Waals surface area contributed by atoms with Crippen molar-refractivity contribution in [3.05, 3.63) is 64.7 Å². The Kier molecular flexibility index (Phi) is 4.44. The van der Waals surface area contributed by atoms with Crippen LogP contribution < -0.4 is 10.6 Å². The van der Waals surface area contributed by atoms with Crippen LogP contribution in [-0.2, 0) is 4.79 Å². The van der Waals surface area contributed by atoms with Crippen molar-refractivity contribution in [2.75, 3.05) is 5.32 Å². The number of anilines is 1. The molecule has 1 atom stereocenters. The summed E-state index contributed by atoms with van der Waals surface area (Å²) >= 11 is 1.32. The molecule has 1 aromatic carbocycles. The van der Waals surface area contributed by atoms with E-state index in [1.165, 1.54) is 17.5 Å². The van der Waals surface area contributed by atoms with Gasteiger partial charge in [0.2, 0.25) is 0 Å². The van der Waals surface area contributed by atoms with Crippen LogP contribution in [0, 0.1) is 0 Å². The summed E-state index contributed by atoms with van der Waals surface area (Å²) in [6.45, 7) is 0. The second-order valence-electron chi connectivity index (χ2n) is 4.65. The SMILES string of the molecule is O=C(N[C@@H](C(=O)Nc1ccn[nH]1)c1ccccc1)c1cscn1. The van der Waals surface area contributed by atoms with Gasteiger partial charge in [-0.15, -0.1) is 11.3 Å². The lowest BCUT2D eigenvalue weighted by Crippen LogP contribution is -2.37. The van der Waals surface area contributed by atoms with E-state index in [0.717, 1.165) is 0 Å². The number of benzene rings is 1. The Balaban J connectivity index is 1.82. The van der Waals surface area contributed by atoms with Crippen LogP contribution in [-0.4, -0.2) is 27.0 Å². The molecule has 0 bridgehead atoms. The number of thiazole rings is 1. The fourth-order valence-corrected chi connectivity index (χ4v) is 2.54. The van der Waals surface area contributed by atoms with Crippen LogP contribution >= 0.6 is 11.3 Å². The minimum atomic E-state index is -0.839. The minimum Gasteiger partial charge on any atom is -0.335 e. The summed E-state index contributed by atoms with van der Waals surface area (Å²) in [7, 11) is 0. The van der Waals surface area contributed by atoms with Gasteiger partial charge in [0.1, 0.15) is 17.6 Å². The van der Waals surface area contributed by atoms with Crippen LogP contribution in [0.5, 0.6) is 0 Å². The van der Waals surface area contributed by atoms with Crippen LogP contribution in [0.4, 0.5) is 5.82 Å². The molecule has 3 aromatic rings. The van der Waals surface area contributed by atoms with E-state index in [9.17, 15) is 9.59 Å². The second kappa shape index (κ2) is 6.84. The van der Waals surface area contributed by atoms with Crippen LogP contribution in [0.2, 0.25) is 0 Å². The maximum atomic E-state index is 12.5. The molecule has 0 radical (unpaired) electrons. The van der Waals surface area contributed by atoms with E-state index in [1.54, 1.807) is 41.2 Å². The van der Waals surface area contributed by atoms with Gasteiger partial charge in [-0.1, -0.05) is 30.3 Å². The lowest BCUT2D eigenvalue weighted by Gasteiger charge is -2.17. The number of hydrogen-bond acceptors (Lipinski definition) is 5. The molecule has 3 rings (SSSR count). The topological polar surface area (TPSA) is 99.8 Å². The zero-order chi connectivity index (χ0) is 16.1. The van der Waals surface area contributed by atoms with Gasteiger partial charge in [-0.2, -0.15) is 5.10 Å². The summed E-state index contributed by atoms with van der Waals surface area (Å²) in [5.74, 6) is -0.317. The molecule has 23 heavy (non-hydrogen) atoms. The predicted octanol–water partition coefficient (Wildman–Crippen LogP) is 1.98. The highest BCUT2D eigenvalue weighted by Crippen LogP contribution is 2.16. The Hall–Kier alpha value is -3.00. The number of aromatic nitrogens is 3. The molecule has 2 heterocycles. The predicted molar refractivity (Wildman–Crippen MR) is 86.0 cm³/mol. The summed E-state index contributed by atoms with van der Waals surface area (Å²) in [4.78, 5) is 28.7. The van der Waals surface area contributed by atoms with E-state index < -0.39 is 11.9 Å². The Morgan fingerprint density at radius 3 is 2.65 bits per heavy atom. The Morgan fingerprint density at radius 1 is 1.17 bits per heavy atom. The van der Waals surface area contributed by atoms with E-state index in [2.05, 4.69) is 25.8 Å². The standard InChI is InChI=1S/C15H13N5O2S/c21-14(11-8-23-9-16-11)19-13(10-4-2-1-3-5-10)15(22)18-12-6-7-17-20-12/h1-9,13H,(H,19,21)(H2,17,18,20,22)/t13-/m1/s1. The maximum Gasteiger partial charge on any atom is 0.271 e. The minimum absolute atomic E-state index is 0.283. The summed E-state index contributed by atoms with van der Waals surface area (Å²) in [6, 6.07) is 9.80. The quantitative estimate of drug-likeness (QED) is 0.667. The van der Waals surface area contributed by atoms with Crippen molar-refractivity contribution >= 4 is 29.0 Å². The highest BCUT2D eigenvalue weighted by Gasteiger charge is 2.24. The number of aromatic amines is 1. The molecule has 0 aliphatic carbocycles. The van der Waals surface area contributed by atoms with Gasteiger partial charge >= 0.3 is 0 Å².